The molecule has 0 aliphatic rings. The van der Waals surface area contributed by atoms with Crippen molar-refractivity contribution in [2.75, 3.05) is 0 Å². The zero-order valence-electron chi connectivity index (χ0n) is 9.64. The summed E-state index contributed by atoms with van der Waals surface area (Å²) in [5.41, 5.74) is -5.73. The maximum atomic E-state index is 12.4. The first-order chi connectivity index (χ1) is 9.13. The monoisotopic (exact) mass is 324 g/mol. The summed E-state index contributed by atoms with van der Waals surface area (Å²) in [5, 5.41) is 9.21. The van der Waals surface area contributed by atoms with Crippen molar-refractivity contribution in [3.8, 4) is 0 Å². The van der Waals surface area contributed by atoms with Gasteiger partial charge in [-0.2, -0.15) is 13.2 Å². The van der Waals surface area contributed by atoms with Crippen LogP contribution < -0.4 is 0 Å². The van der Waals surface area contributed by atoms with Crippen LogP contribution >= 0.6 is 11.3 Å². The second kappa shape index (κ2) is 4.74. The summed E-state index contributed by atoms with van der Waals surface area (Å²) < 4.78 is 60.2. The van der Waals surface area contributed by atoms with E-state index >= 15 is 0 Å². The van der Waals surface area contributed by atoms with Gasteiger partial charge in [-0.3, -0.25) is 0 Å². The van der Waals surface area contributed by atoms with Crippen molar-refractivity contribution in [3.63, 3.8) is 0 Å². The Hall–Kier alpha value is -1.61. The van der Waals surface area contributed by atoms with Gasteiger partial charge in [0.25, 0.3) is 9.84 Å². The highest BCUT2D eigenvalue weighted by molar-refractivity contribution is 7.91. The predicted octanol–water partition coefficient (Wildman–Crippen LogP) is 3.03. The Kier molecular flexibility index (Phi) is 3.51. The van der Waals surface area contributed by atoms with Crippen LogP contribution in [-0.4, -0.2) is 25.0 Å². The van der Waals surface area contributed by atoms with Crippen LogP contribution in [0.2, 0.25) is 0 Å². The minimum Gasteiger partial charge on any atom is -0.477 e. The van der Waals surface area contributed by atoms with E-state index in [0.717, 1.165) is 11.3 Å². The largest absolute Gasteiger partial charge is 0.497 e. The van der Waals surface area contributed by atoms with Crippen molar-refractivity contribution in [2.24, 2.45) is 0 Å². The normalized spacial score (nSPS) is 12.8. The molecular weight excluding hydrogens is 317 g/mol. The second-order valence-electron chi connectivity index (χ2n) is 3.92. The molecule has 1 N–H and O–H groups in total. The van der Waals surface area contributed by atoms with Gasteiger partial charge in [0.2, 0.25) is 0 Å². The molecule has 108 valence electrons. The van der Waals surface area contributed by atoms with E-state index in [1.807, 2.05) is 0 Å². The van der Waals surface area contributed by atoms with Crippen LogP contribution in [-0.2, 0) is 15.6 Å². The summed E-state index contributed by atoms with van der Waals surface area (Å²) in [6.45, 7) is 0. The molecule has 4 nitrogen and oxygen atoms in total. The molecule has 2 aromatic rings. The quantitative estimate of drug-likeness (QED) is 0.942. The van der Waals surface area contributed by atoms with Crippen LogP contribution in [0.15, 0.2) is 24.3 Å². The number of alkyl halides is 3. The van der Waals surface area contributed by atoms with E-state index in [1.54, 1.807) is 6.07 Å². The molecule has 9 heteroatoms. The fourth-order valence-electron chi connectivity index (χ4n) is 1.69. The highest BCUT2D eigenvalue weighted by atomic mass is 32.2. The lowest BCUT2D eigenvalue weighted by Gasteiger charge is -2.08. The Balaban J connectivity index is 2.65. The van der Waals surface area contributed by atoms with Crippen molar-refractivity contribution in [3.05, 3.63) is 34.7 Å². The summed E-state index contributed by atoms with van der Waals surface area (Å²) in [6.07, 6.45) is 0. The molecule has 20 heavy (non-hydrogen) atoms. The number of carbonyl (C=O) groups is 1. The van der Waals surface area contributed by atoms with Crippen molar-refractivity contribution in [1.82, 2.24) is 0 Å². The third-order valence-corrected chi connectivity index (χ3v) is 5.15. The van der Waals surface area contributed by atoms with Crippen LogP contribution in [0.4, 0.5) is 13.2 Å². The fraction of sp³-hybridized carbons (Fsp3) is 0.182. The summed E-state index contributed by atoms with van der Waals surface area (Å²) in [6, 6.07) is 6.02. The number of sulfone groups is 1. The highest BCUT2D eigenvalue weighted by Gasteiger charge is 2.46. The lowest BCUT2D eigenvalue weighted by atomic mass is 10.1. The van der Waals surface area contributed by atoms with Gasteiger partial charge in [-0.1, -0.05) is 18.2 Å². The number of rotatable bonds is 3. The Morgan fingerprint density at radius 2 is 1.85 bits per heavy atom. The third kappa shape index (κ3) is 2.50. The summed E-state index contributed by atoms with van der Waals surface area (Å²) >= 11 is 0.752. The van der Waals surface area contributed by atoms with Crippen LogP contribution in [0.3, 0.4) is 0 Å². The number of hydrogen-bond acceptors (Lipinski definition) is 4. The highest BCUT2D eigenvalue weighted by Crippen LogP contribution is 2.35. The number of hydrogen-bond donors (Lipinski definition) is 1. The number of carboxylic acid groups (broad SMARTS) is 1. The van der Waals surface area contributed by atoms with Crippen molar-refractivity contribution in [1.29, 1.82) is 0 Å². The number of halogens is 3. The van der Waals surface area contributed by atoms with E-state index in [-0.39, 0.29) is 15.8 Å². The van der Waals surface area contributed by atoms with E-state index in [1.165, 1.54) is 18.2 Å². The average molecular weight is 324 g/mol. The third-order valence-electron chi connectivity index (χ3n) is 2.58. The molecule has 0 saturated heterocycles. The molecule has 1 aromatic heterocycles. The summed E-state index contributed by atoms with van der Waals surface area (Å²) in [4.78, 5) is 10.7. The van der Waals surface area contributed by atoms with E-state index in [0.29, 0.717) is 4.70 Å². The summed E-state index contributed by atoms with van der Waals surface area (Å²) in [7, 11) is -5.42. The molecular formula is C11H7F3O4S2. The number of aromatic carboxylic acids is 1. The first-order valence-electron chi connectivity index (χ1n) is 5.16. The molecule has 1 heterocycles. The molecule has 1 aromatic carbocycles. The zero-order valence-corrected chi connectivity index (χ0v) is 11.3. The number of carboxylic acids is 1. The van der Waals surface area contributed by atoms with E-state index in [9.17, 15) is 26.4 Å². The Bertz CT molecular complexity index is 775. The molecule has 0 fully saturated rings. The fourth-order valence-corrected chi connectivity index (χ4v) is 3.68. The lowest BCUT2D eigenvalue weighted by Crippen LogP contribution is -2.25. The molecule has 0 spiro atoms. The van der Waals surface area contributed by atoms with Gasteiger partial charge in [-0.05, 0) is 11.5 Å². The van der Waals surface area contributed by atoms with Crippen molar-refractivity contribution < 1.29 is 31.5 Å². The molecule has 0 bridgehead atoms. The van der Waals surface area contributed by atoms with Gasteiger partial charge in [0, 0.05) is 10.3 Å². The maximum absolute atomic E-state index is 12.4. The van der Waals surface area contributed by atoms with Crippen LogP contribution in [0.5, 0.6) is 0 Å². The number of benzene rings is 1. The van der Waals surface area contributed by atoms with Crippen molar-refractivity contribution >= 4 is 37.2 Å². The topological polar surface area (TPSA) is 71.4 Å². The zero-order chi connectivity index (χ0) is 15.1. The van der Waals surface area contributed by atoms with Gasteiger partial charge in [-0.15, -0.1) is 11.3 Å². The SMILES string of the molecule is O=C(O)c1sc2ccccc2c1CS(=O)(=O)C(F)(F)F. The molecule has 2 rings (SSSR count). The maximum Gasteiger partial charge on any atom is 0.497 e. The molecule has 0 amide bonds. The van der Waals surface area contributed by atoms with E-state index in [2.05, 4.69) is 0 Å². The van der Waals surface area contributed by atoms with E-state index in [4.69, 9.17) is 5.11 Å². The predicted molar refractivity (Wildman–Crippen MR) is 67.5 cm³/mol. The van der Waals surface area contributed by atoms with E-state index < -0.39 is 27.1 Å². The van der Waals surface area contributed by atoms with Crippen LogP contribution in [0, 0.1) is 0 Å². The Morgan fingerprint density at radius 1 is 1.25 bits per heavy atom. The molecule has 0 unspecified atom stereocenters. The summed E-state index contributed by atoms with van der Waals surface area (Å²) in [5.74, 6) is -2.82. The van der Waals surface area contributed by atoms with Gasteiger partial charge in [0.1, 0.15) is 4.88 Å². The van der Waals surface area contributed by atoms with Gasteiger partial charge in [0.15, 0.2) is 0 Å². The van der Waals surface area contributed by atoms with Crippen LogP contribution in [0.1, 0.15) is 15.2 Å². The number of thiophene rings is 1. The number of fused-ring (bicyclic) bond motifs is 1. The molecule has 0 atom stereocenters. The lowest BCUT2D eigenvalue weighted by molar-refractivity contribution is -0.0437. The van der Waals surface area contributed by atoms with Gasteiger partial charge >= 0.3 is 11.5 Å². The molecule has 0 aliphatic carbocycles. The average Bonchev–Trinajstić information content (AvgIpc) is 2.67. The second-order valence-corrected chi connectivity index (χ2v) is 6.95. The smallest absolute Gasteiger partial charge is 0.477 e. The Morgan fingerprint density at radius 3 is 2.40 bits per heavy atom. The first-order valence-corrected chi connectivity index (χ1v) is 7.63. The minimum atomic E-state index is -5.42. The van der Waals surface area contributed by atoms with Gasteiger partial charge < -0.3 is 5.11 Å². The molecule has 0 radical (unpaired) electrons. The van der Waals surface area contributed by atoms with Crippen LogP contribution in [0.25, 0.3) is 10.1 Å². The Labute approximate surface area is 115 Å². The van der Waals surface area contributed by atoms with Gasteiger partial charge in [-0.25, -0.2) is 13.2 Å². The molecule has 0 aliphatic heterocycles. The van der Waals surface area contributed by atoms with Crippen molar-refractivity contribution in [2.45, 2.75) is 11.3 Å². The standard InChI is InChI=1S/C11H7F3O4S2/c12-11(13,14)20(17,18)5-7-6-3-1-2-4-8(6)19-9(7)10(15)16/h1-4H,5H2,(H,15,16). The van der Waals surface area contributed by atoms with Gasteiger partial charge in [0.05, 0.1) is 5.75 Å². The molecule has 0 saturated carbocycles. The minimum absolute atomic E-state index is 0.211. The first kappa shape index (κ1) is 14.8.